The van der Waals surface area contributed by atoms with Gasteiger partial charge in [-0.3, -0.25) is 9.47 Å². The Bertz CT molecular complexity index is 664. The number of halogens is 1. The van der Waals surface area contributed by atoms with Gasteiger partial charge in [0.1, 0.15) is 0 Å². The molecular weight excluding hydrogens is 324 g/mol. The summed E-state index contributed by atoms with van der Waals surface area (Å²) >= 11 is 3.38. The average molecular weight is 341 g/mol. The van der Waals surface area contributed by atoms with Crippen LogP contribution in [0.5, 0.6) is 0 Å². The second-order valence-corrected chi connectivity index (χ2v) is 5.94. The summed E-state index contributed by atoms with van der Waals surface area (Å²) in [6.45, 7) is 5.07. The van der Waals surface area contributed by atoms with Crippen molar-refractivity contribution in [1.82, 2.24) is 9.47 Å². The molecule has 108 valence electrons. The van der Waals surface area contributed by atoms with Gasteiger partial charge < -0.3 is 9.15 Å². The molecule has 0 bridgehead atoms. The molecule has 6 heteroatoms. The zero-order valence-corrected chi connectivity index (χ0v) is 12.9. The van der Waals surface area contributed by atoms with Crippen molar-refractivity contribution >= 4 is 27.0 Å². The molecular formula is C14H17BrN2O3. The number of hydrogen-bond acceptors (Lipinski definition) is 4. The molecule has 2 heterocycles. The quantitative estimate of drug-likeness (QED) is 0.860. The van der Waals surface area contributed by atoms with Crippen LogP contribution in [0.4, 0.5) is 0 Å². The molecule has 0 aliphatic carbocycles. The van der Waals surface area contributed by atoms with Gasteiger partial charge in [-0.15, -0.1) is 0 Å². The first kappa shape index (κ1) is 13.9. The van der Waals surface area contributed by atoms with Gasteiger partial charge in [-0.05, 0) is 24.6 Å². The minimum Gasteiger partial charge on any atom is -0.408 e. The van der Waals surface area contributed by atoms with Crippen molar-refractivity contribution in [3.63, 3.8) is 0 Å². The van der Waals surface area contributed by atoms with Crippen molar-refractivity contribution in [3.8, 4) is 0 Å². The fourth-order valence-electron chi connectivity index (χ4n) is 2.53. The van der Waals surface area contributed by atoms with Crippen LogP contribution < -0.4 is 5.76 Å². The van der Waals surface area contributed by atoms with Gasteiger partial charge in [0.25, 0.3) is 0 Å². The van der Waals surface area contributed by atoms with Crippen LogP contribution in [0, 0.1) is 0 Å². The molecule has 3 rings (SSSR count). The Balaban J connectivity index is 1.87. The maximum atomic E-state index is 12.0. The van der Waals surface area contributed by atoms with E-state index in [1.807, 2.05) is 18.2 Å². The second kappa shape index (κ2) is 5.71. The van der Waals surface area contributed by atoms with Crippen LogP contribution in [0.2, 0.25) is 0 Å². The molecule has 20 heavy (non-hydrogen) atoms. The monoisotopic (exact) mass is 340 g/mol. The first-order valence-corrected chi connectivity index (χ1v) is 7.59. The summed E-state index contributed by atoms with van der Waals surface area (Å²) in [5.74, 6) is -0.308. The number of morpholine rings is 1. The van der Waals surface area contributed by atoms with E-state index < -0.39 is 0 Å². The molecule has 0 radical (unpaired) electrons. The standard InChI is InChI=1S/C14H17BrN2O3/c1-2-11-8-16(5-6-19-11)9-17-12-4-3-10(15)7-13(12)20-14(17)18/h3-4,7,11H,2,5-6,8-9H2,1H3. The first-order chi connectivity index (χ1) is 9.67. The van der Waals surface area contributed by atoms with E-state index in [2.05, 4.69) is 27.8 Å². The van der Waals surface area contributed by atoms with Crippen molar-refractivity contribution in [2.45, 2.75) is 26.1 Å². The van der Waals surface area contributed by atoms with E-state index in [9.17, 15) is 4.79 Å². The zero-order chi connectivity index (χ0) is 14.1. The van der Waals surface area contributed by atoms with E-state index in [0.717, 1.165) is 29.5 Å². The molecule has 1 atom stereocenters. The molecule has 1 aliphatic rings. The summed E-state index contributed by atoms with van der Waals surface area (Å²) in [6.07, 6.45) is 1.25. The minimum absolute atomic E-state index is 0.256. The maximum Gasteiger partial charge on any atom is 0.421 e. The van der Waals surface area contributed by atoms with Crippen molar-refractivity contribution in [1.29, 1.82) is 0 Å². The van der Waals surface area contributed by atoms with E-state index in [1.165, 1.54) is 0 Å². The van der Waals surface area contributed by atoms with E-state index in [-0.39, 0.29) is 11.9 Å². The molecule has 0 N–H and O–H groups in total. The molecule has 1 saturated heterocycles. The lowest BCUT2D eigenvalue weighted by atomic mass is 10.2. The van der Waals surface area contributed by atoms with E-state index in [1.54, 1.807) is 4.57 Å². The van der Waals surface area contributed by atoms with Crippen LogP contribution in [0.1, 0.15) is 13.3 Å². The van der Waals surface area contributed by atoms with Gasteiger partial charge in [0.15, 0.2) is 5.58 Å². The van der Waals surface area contributed by atoms with Gasteiger partial charge in [0.05, 0.1) is 24.9 Å². The Labute approximate surface area is 125 Å². The smallest absolute Gasteiger partial charge is 0.408 e. The first-order valence-electron chi connectivity index (χ1n) is 6.80. The highest BCUT2D eigenvalue weighted by atomic mass is 79.9. The fraction of sp³-hybridized carbons (Fsp3) is 0.500. The lowest BCUT2D eigenvalue weighted by molar-refractivity contribution is -0.0399. The number of fused-ring (bicyclic) bond motifs is 1. The summed E-state index contributed by atoms with van der Waals surface area (Å²) in [5, 5.41) is 0. The molecule has 1 aliphatic heterocycles. The number of rotatable bonds is 3. The second-order valence-electron chi connectivity index (χ2n) is 5.03. The van der Waals surface area contributed by atoms with E-state index >= 15 is 0 Å². The summed E-state index contributed by atoms with van der Waals surface area (Å²) < 4.78 is 13.5. The van der Waals surface area contributed by atoms with Gasteiger partial charge in [-0.2, -0.15) is 0 Å². The van der Waals surface area contributed by atoms with Crippen molar-refractivity contribution in [3.05, 3.63) is 33.2 Å². The van der Waals surface area contributed by atoms with Crippen molar-refractivity contribution in [2.24, 2.45) is 0 Å². The van der Waals surface area contributed by atoms with Crippen LogP contribution in [-0.2, 0) is 11.4 Å². The Kier molecular flexibility index (Phi) is 3.96. The predicted octanol–water partition coefficient (Wildman–Crippen LogP) is 2.43. The number of aromatic nitrogens is 1. The largest absolute Gasteiger partial charge is 0.421 e. The van der Waals surface area contributed by atoms with E-state index in [4.69, 9.17) is 9.15 Å². The fourth-order valence-corrected chi connectivity index (χ4v) is 2.87. The van der Waals surface area contributed by atoms with Crippen molar-refractivity contribution < 1.29 is 9.15 Å². The van der Waals surface area contributed by atoms with Crippen LogP contribution in [0.15, 0.2) is 31.9 Å². The lowest BCUT2D eigenvalue weighted by Crippen LogP contribution is -2.43. The van der Waals surface area contributed by atoms with Crippen LogP contribution in [0.25, 0.3) is 11.1 Å². The van der Waals surface area contributed by atoms with E-state index in [0.29, 0.717) is 18.9 Å². The number of hydrogen-bond donors (Lipinski definition) is 0. The predicted molar refractivity (Wildman–Crippen MR) is 79.8 cm³/mol. The number of oxazole rings is 1. The van der Waals surface area contributed by atoms with Crippen LogP contribution in [-0.4, -0.2) is 35.3 Å². The average Bonchev–Trinajstić information content (AvgIpc) is 2.74. The summed E-state index contributed by atoms with van der Waals surface area (Å²) in [4.78, 5) is 14.2. The summed E-state index contributed by atoms with van der Waals surface area (Å²) in [5.41, 5.74) is 1.45. The zero-order valence-electron chi connectivity index (χ0n) is 11.3. The Morgan fingerprint density at radius 1 is 1.45 bits per heavy atom. The minimum atomic E-state index is -0.308. The van der Waals surface area contributed by atoms with Crippen LogP contribution in [0.3, 0.4) is 0 Å². The van der Waals surface area contributed by atoms with Crippen molar-refractivity contribution in [2.75, 3.05) is 19.7 Å². The normalized spacial score (nSPS) is 20.6. The highest BCUT2D eigenvalue weighted by Gasteiger charge is 2.20. The Morgan fingerprint density at radius 3 is 3.10 bits per heavy atom. The molecule has 1 fully saturated rings. The third kappa shape index (κ3) is 2.68. The molecule has 5 nitrogen and oxygen atoms in total. The SMILES string of the molecule is CCC1CN(Cn2c(=O)oc3cc(Br)ccc32)CCO1. The van der Waals surface area contributed by atoms with Crippen LogP contribution >= 0.6 is 15.9 Å². The van der Waals surface area contributed by atoms with Gasteiger partial charge in [-0.25, -0.2) is 4.79 Å². The summed E-state index contributed by atoms with van der Waals surface area (Å²) in [7, 11) is 0. The van der Waals surface area contributed by atoms with Gasteiger partial charge >= 0.3 is 5.76 Å². The molecule has 0 amide bonds. The lowest BCUT2D eigenvalue weighted by Gasteiger charge is -2.32. The third-order valence-corrected chi connectivity index (χ3v) is 4.14. The Hall–Kier alpha value is -1.11. The maximum absolute atomic E-state index is 12.0. The molecule has 0 saturated carbocycles. The molecule has 2 aromatic rings. The van der Waals surface area contributed by atoms with Gasteiger partial charge in [0.2, 0.25) is 0 Å². The number of ether oxygens (including phenoxy) is 1. The topological polar surface area (TPSA) is 47.6 Å². The number of benzene rings is 1. The number of nitrogens with zero attached hydrogens (tertiary/aromatic N) is 2. The summed E-state index contributed by atoms with van der Waals surface area (Å²) in [6, 6.07) is 5.64. The highest BCUT2D eigenvalue weighted by molar-refractivity contribution is 9.10. The molecule has 1 unspecified atom stereocenters. The van der Waals surface area contributed by atoms with Gasteiger partial charge in [0, 0.05) is 17.6 Å². The highest BCUT2D eigenvalue weighted by Crippen LogP contribution is 2.19. The Morgan fingerprint density at radius 2 is 2.30 bits per heavy atom. The van der Waals surface area contributed by atoms with Gasteiger partial charge in [-0.1, -0.05) is 22.9 Å². The molecule has 1 aromatic heterocycles. The third-order valence-electron chi connectivity index (χ3n) is 3.65. The molecule has 0 spiro atoms. The molecule has 1 aromatic carbocycles.